The maximum Gasteiger partial charge on any atom is 0.410 e. The van der Waals surface area contributed by atoms with Gasteiger partial charge >= 0.3 is 6.09 Å². The van der Waals surface area contributed by atoms with E-state index in [-0.39, 0.29) is 12.0 Å². The van der Waals surface area contributed by atoms with Gasteiger partial charge in [0, 0.05) is 37.7 Å². The van der Waals surface area contributed by atoms with Gasteiger partial charge in [-0.2, -0.15) is 0 Å². The van der Waals surface area contributed by atoms with Crippen LogP contribution in [0.15, 0.2) is 36.4 Å². The van der Waals surface area contributed by atoms with Crippen molar-refractivity contribution in [1.29, 1.82) is 0 Å². The zero-order valence-corrected chi connectivity index (χ0v) is 19.5. The molecule has 2 heterocycles. The highest BCUT2D eigenvalue weighted by Gasteiger charge is 2.26. The van der Waals surface area contributed by atoms with Crippen molar-refractivity contribution in [2.45, 2.75) is 32.8 Å². The van der Waals surface area contributed by atoms with E-state index in [1.807, 2.05) is 32.9 Å². The Morgan fingerprint density at radius 3 is 2.47 bits per heavy atom. The molecule has 2 aromatic rings. The van der Waals surface area contributed by atoms with Gasteiger partial charge < -0.3 is 20.3 Å². The molecule has 2 amide bonds. The second-order valence-corrected chi connectivity index (χ2v) is 9.64. The van der Waals surface area contributed by atoms with Gasteiger partial charge in [-0.25, -0.2) is 4.79 Å². The number of ether oxygens (including phenoxy) is 1. The van der Waals surface area contributed by atoms with Crippen LogP contribution in [0.1, 0.15) is 36.7 Å². The number of benzene rings is 2. The molecule has 0 unspecified atom stereocenters. The number of anilines is 3. The first-order valence-corrected chi connectivity index (χ1v) is 11.3. The number of nitrogens with one attached hydrogen (secondary N) is 2. The Morgan fingerprint density at radius 2 is 1.75 bits per heavy atom. The molecule has 2 aliphatic rings. The molecular weight excluding hydrogens is 428 g/mol. The number of nitrogens with zero attached hydrogens (tertiary/aromatic N) is 2. The Kier molecular flexibility index (Phi) is 6.31. The zero-order chi connectivity index (χ0) is 22.9. The van der Waals surface area contributed by atoms with Crippen LogP contribution in [0, 0.1) is 0 Å². The number of hydrogen-bond acceptors (Lipinski definition) is 5. The SMILES string of the molecule is CC(C)(C)OC(=O)N1CCN(CCc2ccc3c(c2)NC(=O)c2ccc(Cl)cc2N3)CC1. The van der Waals surface area contributed by atoms with Crippen LogP contribution in [0.2, 0.25) is 5.02 Å². The van der Waals surface area contributed by atoms with Crippen LogP contribution in [-0.2, 0) is 11.2 Å². The number of fused-ring (bicyclic) bond motifs is 2. The van der Waals surface area contributed by atoms with E-state index in [1.165, 1.54) is 0 Å². The van der Waals surface area contributed by atoms with Gasteiger partial charge in [0.25, 0.3) is 5.91 Å². The molecule has 0 saturated carbocycles. The summed E-state index contributed by atoms with van der Waals surface area (Å²) in [5.74, 6) is -0.154. The van der Waals surface area contributed by atoms with Gasteiger partial charge in [-0.05, 0) is 63.1 Å². The molecule has 1 saturated heterocycles. The minimum atomic E-state index is -0.475. The van der Waals surface area contributed by atoms with Gasteiger partial charge in [-0.15, -0.1) is 0 Å². The number of amides is 2. The summed E-state index contributed by atoms with van der Waals surface area (Å²) in [5.41, 5.74) is 3.53. The van der Waals surface area contributed by atoms with Gasteiger partial charge in [-0.3, -0.25) is 9.69 Å². The summed E-state index contributed by atoms with van der Waals surface area (Å²) in [5, 5.41) is 6.89. The van der Waals surface area contributed by atoms with Crippen LogP contribution in [0.4, 0.5) is 21.9 Å². The molecule has 1 fully saturated rings. The fourth-order valence-corrected chi connectivity index (χ4v) is 4.05. The van der Waals surface area contributed by atoms with Crippen molar-refractivity contribution in [2.75, 3.05) is 43.4 Å². The summed E-state index contributed by atoms with van der Waals surface area (Å²) in [4.78, 5) is 29.0. The third-order valence-corrected chi connectivity index (χ3v) is 5.80. The number of halogens is 1. The third-order valence-electron chi connectivity index (χ3n) is 5.57. The standard InChI is InChI=1S/C24H29ClN4O3/c1-24(2,3)32-23(31)29-12-10-28(11-13-29)9-8-16-4-7-19-21(14-16)27-22(30)18-6-5-17(25)15-20(18)26-19/h4-7,14-15,26H,8-13H2,1-3H3,(H,27,30). The fourth-order valence-electron chi connectivity index (χ4n) is 3.88. The van der Waals surface area contributed by atoms with Crippen LogP contribution in [0.25, 0.3) is 0 Å². The number of rotatable bonds is 3. The lowest BCUT2D eigenvalue weighted by Gasteiger charge is -2.35. The third kappa shape index (κ3) is 5.34. The highest BCUT2D eigenvalue weighted by molar-refractivity contribution is 6.31. The molecule has 2 aliphatic heterocycles. The number of piperazine rings is 1. The molecule has 0 aromatic heterocycles. The van der Waals surface area contributed by atoms with E-state index >= 15 is 0 Å². The van der Waals surface area contributed by atoms with Crippen LogP contribution >= 0.6 is 11.6 Å². The quantitative estimate of drug-likeness (QED) is 0.697. The molecule has 8 heteroatoms. The molecule has 4 rings (SSSR count). The Balaban J connectivity index is 1.34. The first-order valence-electron chi connectivity index (χ1n) is 10.9. The maximum atomic E-state index is 12.6. The van der Waals surface area contributed by atoms with Gasteiger partial charge in [0.2, 0.25) is 0 Å². The molecule has 0 spiro atoms. The van der Waals surface area contributed by atoms with Crippen molar-refractivity contribution in [1.82, 2.24) is 9.80 Å². The first kappa shape index (κ1) is 22.4. The zero-order valence-electron chi connectivity index (χ0n) is 18.7. The monoisotopic (exact) mass is 456 g/mol. The van der Waals surface area contributed by atoms with E-state index in [0.29, 0.717) is 29.4 Å². The lowest BCUT2D eigenvalue weighted by molar-refractivity contribution is 0.0146. The minimum Gasteiger partial charge on any atom is -0.444 e. The second-order valence-electron chi connectivity index (χ2n) is 9.21. The summed E-state index contributed by atoms with van der Waals surface area (Å²) in [6.45, 7) is 9.50. The summed E-state index contributed by atoms with van der Waals surface area (Å²) in [7, 11) is 0. The van der Waals surface area contributed by atoms with Crippen molar-refractivity contribution >= 4 is 40.7 Å². The summed E-state index contributed by atoms with van der Waals surface area (Å²) >= 11 is 6.09. The molecule has 2 N–H and O–H groups in total. The first-order chi connectivity index (χ1) is 15.2. The molecular formula is C24H29ClN4O3. The van der Waals surface area contributed by atoms with Gasteiger partial charge in [-0.1, -0.05) is 17.7 Å². The molecule has 0 bridgehead atoms. The molecule has 2 aromatic carbocycles. The van der Waals surface area contributed by atoms with E-state index < -0.39 is 5.60 Å². The normalized spacial score (nSPS) is 16.4. The molecule has 0 radical (unpaired) electrons. The average Bonchev–Trinajstić information content (AvgIpc) is 2.86. The predicted molar refractivity (Wildman–Crippen MR) is 127 cm³/mol. The maximum absolute atomic E-state index is 12.6. The van der Waals surface area contributed by atoms with Gasteiger partial charge in [0.1, 0.15) is 5.60 Å². The number of carbonyl (C=O) groups excluding carboxylic acids is 2. The fraction of sp³-hybridized carbons (Fsp3) is 0.417. The van der Waals surface area contributed by atoms with Crippen LogP contribution < -0.4 is 10.6 Å². The van der Waals surface area contributed by atoms with Crippen molar-refractivity contribution < 1.29 is 14.3 Å². The Labute approximate surface area is 193 Å². The van der Waals surface area contributed by atoms with Crippen LogP contribution in [0.5, 0.6) is 0 Å². The Morgan fingerprint density at radius 1 is 1.00 bits per heavy atom. The molecule has 0 atom stereocenters. The van der Waals surface area contributed by atoms with E-state index in [0.717, 1.165) is 43.0 Å². The summed E-state index contributed by atoms with van der Waals surface area (Å²) in [6.07, 6.45) is 0.613. The lowest BCUT2D eigenvalue weighted by atomic mass is 10.1. The van der Waals surface area contributed by atoms with Crippen molar-refractivity contribution in [2.24, 2.45) is 0 Å². The molecule has 7 nitrogen and oxygen atoms in total. The van der Waals surface area contributed by atoms with E-state index in [2.05, 4.69) is 21.6 Å². The van der Waals surface area contributed by atoms with E-state index in [4.69, 9.17) is 16.3 Å². The second kappa shape index (κ2) is 9.00. The Hall–Kier alpha value is -2.77. The predicted octanol–water partition coefficient (Wildman–Crippen LogP) is 4.74. The molecule has 32 heavy (non-hydrogen) atoms. The lowest BCUT2D eigenvalue weighted by Crippen LogP contribution is -2.50. The van der Waals surface area contributed by atoms with Gasteiger partial charge in [0.05, 0.1) is 22.6 Å². The van der Waals surface area contributed by atoms with Gasteiger partial charge in [0.15, 0.2) is 0 Å². The molecule has 0 aliphatic carbocycles. The van der Waals surface area contributed by atoms with Crippen LogP contribution in [-0.4, -0.2) is 60.1 Å². The average molecular weight is 457 g/mol. The topological polar surface area (TPSA) is 73.9 Å². The van der Waals surface area contributed by atoms with Crippen molar-refractivity contribution in [3.63, 3.8) is 0 Å². The summed E-state index contributed by atoms with van der Waals surface area (Å²) < 4.78 is 5.46. The summed E-state index contributed by atoms with van der Waals surface area (Å²) in [6, 6.07) is 11.3. The van der Waals surface area contributed by atoms with E-state index in [1.54, 1.807) is 23.1 Å². The van der Waals surface area contributed by atoms with Crippen molar-refractivity contribution in [3.8, 4) is 0 Å². The van der Waals surface area contributed by atoms with Crippen molar-refractivity contribution in [3.05, 3.63) is 52.5 Å². The largest absolute Gasteiger partial charge is 0.444 e. The van der Waals surface area contributed by atoms with Crippen LogP contribution in [0.3, 0.4) is 0 Å². The number of hydrogen-bond donors (Lipinski definition) is 2. The van der Waals surface area contributed by atoms with E-state index in [9.17, 15) is 9.59 Å². The number of carbonyl (C=O) groups is 2. The highest BCUT2D eigenvalue weighted by Crippen LogP contribution is 2.34. The highest BCUT2D eigenvalue weighted by atomic mass is 35.5. The minimum absolute atomic E-state index is 0.154. The molecule has 170 valence electrons. The Bertz CT molecular complexity index is 1030. The smallest absolute Gasteiger partial charge is 0.410 e.